The Kier molecular flexibility index (Phi) is 4.45. The predicted octanol–water partition coefficient (Wildman–Crippen LogP) is 4.10. The summed E-state index contributed by atoms with van der Waals surface area (Å²) >= 11 is 0. The fourth-order valence-electron chi connectivity index (χ4n) is 2.34. The molecule has 0 unspecified atom stereocenters. The molecule has 0 bridgehead atoms. The fraction of sp³-hybridized carbons (Fsp3) is 0.353. The molecular formula is C17H17F2NO2. The minimum atomic E-state index is -0.882. The summed E-state index contributed by atoms with van der Waals surface area (Å²) in [5.41, 5.74) is 1.92. The fourth-order valence-corrected chi connectivity index (χ4v) is 2.34. The first-order valence-electron chi connectivity index (χ1n) is 7.32. The molecule has 1 saturated heterocycles. The van der Waals surface area contributed by atoms with Crippen molar-refractivity contribution in [1.82, 2.24) is 4.98 Å². The minimum absolute atomic E-state index is 0.408. The van der Waals surface area contributed by atoms with Crippen molar-refractivity contribution in [3.05, 3.63) is 53.7 Å². The van der Waals surface area contributed by atoms with Gasteiger partial charge in [-0.1, -0.05) is 13.0 Å². The van der Waals surface area contributed by atoms with E-state index in [0.29, 0.717) is 30.4 Å². The Bertz CT molecular complexity index is 638. The smallest absolute Gasteiger partial charge is 0.185 e. The second-order valence-corrected chi connectivity index (χ2v) is 5.38. The zero-order chi connectivity index (χ0) is 15.5. The van der Waals surface area contributed by atoms with E-state index < -0.39 is 17.9 Å². The van der Waals surface area contributed by atoms with Gasteiger partial charge in [-0.05, 0) is 30.7 Å². The van der Waals surface area contributed by atoms with Gasteiger partial charge in [-0.3, -0.25) is 4.98 Å². The molecule has 1 aliphatic heterocycles. The molecule has 0 aliphatic carbocycles. The van der Waals surface area contributed by atoms with Crippen molar-refractivity contribution in [3.8, 4) is 11.3 Å². The van der Waals surface area contributed by atoms with E-state index in [0.717, 1.165) is 24.1 Å². The van der Waals surface area contributed by atoms with Crippen LogP contribution in [0, 0.1) is 17.6 Å². The van der Waals surface area contributed by atoms with Crippen LogP contribution < -0.4 is 0 Å². The third-order valence-electron chi connectivity index (χ3n) is 3.82. The second kappa shape index (κ2) is 6.50. The topological polar surface area (TPSA) is 31.4 Å². The first-order chi connectivity index (χ1) is 10.7. The van der Waals surface area contributed by atoms with Crippen LogP contribution >= 0.6 is 0 Å². The number of nitrogens with zero attached hydrogens (tertiary/aromatic N) is 1. The Morgan fingerprint density at radius 3 is 2.45 bits per heavy atom. The maximum atomic E-state index is 13.3. The lowest BCUT2D eigenvalue weighted by atomic mass is 10.1. The molecule has 1 fully saturated rings. The maximum Gasteiger partial charge on any atom is 0.185 e. The molecule has 0 saturated carbocycles. The maximum absolute atomic E-state index is 13.3. The highest BCUT2D eigenvalue weighted by Crippen LogP contribution is 2.27. The number of halogens is 2. The molecule has 3 nitrogen and oxygen atoms in total. The van der Waals surface area contributed by atoms with Crippen molar-refractivity contribution >= 4 is 0 Å². The summed E-state index contributed by atoms with van der Waals surface area (Å²) in [6, 6.07) is 7.32. The molecule has 1 aromatic carbocycles. The molecule has 2 aromatic rings. The Hall–Kier alpha value is -1.85. The number of hydrogen-bond donors (Lipinski definition) is 0. The summed E-state index contributed by atoms with van der Waals surface area (Å²) in [4.78, 5) is 4.28. The standard InChI is InChI=1S/C17H17F2NO2/c1-2-11-9-21-17(22-10-11)13-4-6-16(20-8-13)12-3-5-14(18)15(19)7-12/h3-8,11,17H,2,9-10H2,1H3. The van der Waals surface area contributed by atoms with E-state index in [1.54, 1.807) is 12.3 Å². The molecule has 116 valence electrons. The molecule has 1 aliphatic rings. The summed E-state index contributed by atoms with van der Waals surface area (Å²) in [6.07, 6.45) is 2.27. The molecule has 0 atom stereocenters. The van der Waals surface area contributed by atoms with Crippen molar-refractivity contribution in [2.24, 2.45) is 5.92 Å². The molecule has 0 amide bonds. The van der Waals surface area contributed by atoms with Gasteiger partial charge in [0.1, 0.15) is 0 Å². The molecular weight excluding hydrogens is 288 g/mol. The quantitative estimate of drug-likeness (QED) is 0.855. The number of benzene rings is 1. The number of aromatic nitrogens is 1. The molecule has 0 radical (unpaired) electrons. The molecule has 2 heterocycles. The molecule has 22 heavy (non-hydrogen) atoms. The highest BCUT2D eigenvalue weighted by atomic mass is 19.2. The third kappa shape index (κ3) is 3.15. The van der Waals surface area contributed by atoms with Gasteiger partial charge in [0.15, 0.2) is 17.9 Å². The van der Waals surface area contributed by atoms with Gasteiger partial charge in [-0.15, -0.1) is 0 Å². The van der Waals surface area contributed by atoms with Crippen LogP contribution in [0.3, 0.4) is 0 Å². The summed E-state index contributed by atoms with van der Waals surface area (Å²) in [7, 11) is 0. The second-order valence-electron chi connectivity index (χ2n) is 5.38. The van der Waals surface area contributed by atoms with E-state index in [1.165, 1.54) is 6.07 Å². The van der Waals surface area contributed by atoms with Crippen molar-refractivity contribution in [1.29, 1.82) is 0 Å². The van der Waals surface area contributed by atoms with E-state index >= 15 is 0 Å². The van der Waals surface area contributed by atoms with Gasteiger partial charge >= 0.3 is 0 Å². The normalized spacial score (nSPS) is 21.8. The van der Waals surface area contributed by atoms with Crippen LogP contribution in [0.1, 0.15) is 25.2 Å². The van der Waals surface area contributed by atoms with Crippen LogP contribution in [0.2, 0.25) is 0 Å². The van der Waals surface area contributed by atoms with Crippen molar-refractivity contribution in [2.75, 3.05) is 13.2 Å². The van der Waals surface area contributed by atoms with Crippen LogP contribution in [0.15, 0.2) is 36.5 Å². The summed E-state index contributed by atoms with van der Waals surface area (Å²) in [6.45, 7) is 3.45. The van der Waals surface area contributed by atoms with E-state index in [-0.39, 0.29) is 0 Å². The van der Waals surface area contributed by atoms with Crippen LogP contribution in [0.4, 0.5) is 8.78 Å². The SMILES string of the molecule is CCC1COC(c2ccc(-c3ccc(F)c(F)c3)nc2)OC1. The highest BCUT2D eigenvalue weighted by Gasteiger charge is 2.22. The predicted molar refractivity (Wildman–Crippen MR) is 78.0 cm³/mol. The summed E-state index contributed by atoms with van der Waals surface area (Å²) in [5, 5.41) is 0. The summed E-state index contributed by atoms with van der Waals surface area (Å²) < 4.78 is 37.6. The van der Waals surface area contributed by atoms with Gasteiger partial charge < -0.3 is 9.47 Å². The van der Waals surface area contributed by atoms with Crippen LogP contribution in [0.5, 0.6) is 0 Å². The Morgan fingerprint density at radius 1 is 1.09 bits per heavy atom. The van der Waals surface area contributed by atoms with E-state index in [4.69, 9.17) is 9.47 Å². The lowest BCUT2D eigenvalue weighted by Crippen LogP contribution is -2.26. The third-order valence-corrected chi connectivity index (χ3v) is 3.82. The van der Waals surface area contributed by atoms with E-state index in [1.807, 2.05) is 6.07 Å². The lowest BCUT2D eigenvalue weighted by Gasteiger charge is -2.28. The van der Waals surface area contributed by atoms with Gasteiger partial charge in [-0.2, -0.15) is 0 Å². The van der Waals surface area contributed by atoms with Crippen LogP contribution in [0.25, 0.3) is 11.3 Å². The number of rotatable bonds is 3. The van der Waals surface area contributed by atoms with Crippen LogP contribution in [-0.2, 0) is 9.47 Å². The summed E-state index contributed by atoms with van der Waals surface area (Å²) in [5.74, 6) is -1.31. The van der Waals surface area contributed by atoms with Gasteiger partial charge in [0.25, 0.3) is 0 Å². The zero-order valence-electron chi connectivity index (χ0n) is 12.3. The van der Waals surface area contributed by atoms with Gasteiger partial charge in [0.2, 0.25) is 0 Å². The first-order valence-corrected chi connectivity index (χ1v) is 7.32. The Balaban J connectivity index is 1.74. The van der Waals surface area contributed by atoms with Crippen LogP contribution in [-0.4, -0.2) is 18.2 Å². The highest BCUT2D eigenvalue weighted by molar-refractivity contribution is 5.59. The number of pyridine rings is 1. The van der Waals surface area contributed by atoms with Gasteiger partial charge in [0, 0.05) is 23.2 Å². The Labute approximate surface area is 127 Å². The average molecular weight is 305 g/mol. The monoisotopic (exact) mass is 305 g/mol. The Morgan fingerprint density at radius 2 is 1.86 bits per heavy atom. The largest absolute Gasteiger partial charge is 0.348 e. The van der Waals surface area contributed by atoms with Crippen molar-refractivity contribution < 1.29 is 18.3 Å². The molecule has 5 heteroatoms. The van der Waals surface area contributed by atoms with Gasteiger partial charge in [0.05, 0.1) is 18.9 Å². The number of ether oxygens (including phenoxy) is 2. The minimum Gasteiger partial charge on any atom is -0.348 e. The first kappa shape index (κ1) is 15.1. The zero-order valence-corrected chi connectivity index (χ0v) is 12.3. The molecule has 0 N–H and O–H groups in total. The molecule has 0 spiro atoms. The van der Waals surface area contributed by atoms with E-state index in [2.05, 4.69) is 11.9 Å². The lowest BCUT2D eigenvalue weighted by molar-refractivity contribution is -0.205. The molecule has 3 rings (SSSR count). The van der Waals surface area contributed by atoms with Crippen molar-refractivity contribution in [3.63, 3.8) is 0 Å². The average Bonchev–Trinajstić information content (AvgIpc) is 2.58. The van der Waals surface area contributed by atoms with Gasteiger partial charge in [-0.25, -0.2) is 8.78 Å². The molecule has 1 aromatic heterocycles. The van der Waals surface area contributed by atoms with Crippen molar-refractivity contribution in [2.45, 2.75) is 19.6 Å². The number of hydrogen-bond acceptors (Lipinski definition) is 3. The van der Waals surface area contributed by atoms with E-state index in [9.17, 15) is 8.78 Å².